The number of hydrogen-bond donors (Lipinski definition) is 3. The molecule has 0 saturated carbocycles. The number of methoxy groups -OCH3 is 1. The van der Waals surface area contributed by atoms with Crippen LogP contribution in [0.25, 0.3) is 0 Å². The lowest BCUT2D eigenvalue weighted by Gasteiger charge is -2.01. The first-order valence-electron chi connectivity index (χ1n) is 4.88. The highest BCUT2D eigenvalue weighted by Gasteiger charge is 2.13. The van der Waals surface area contributed by atoms with Gasteiger partial charge < -0.3 is 20.1 Å². The van der Waals surface area contributed by atoms with Crippen LogP contribution in [0, 0.1) is 0 Å². The summed E-state index contributed by atoms with van der Waals surface area (Å²) in [5.74, 6) is 0. The summed E-state index contributed by atoms with van der Waals surface area (Å²) in [6.07, 6.45) is 0.983. The predicted octanol–water partition coefficient (Wildman–Crippen LogP) is -0.446. The molecule has 0 radical (unpaired) electrons. The van der Waals surface area contributed by atoms with E-state index in [1.54, 1.807) is 13.2 Å². The molecule has 1 aromatic rings. The van der Waals surface area contributed by atoms with Crippen LogP contribution in [-0.2, 0) is 11.3 Å². The van der Waals surface area contributed by atoms with Gasteiger partial charge in [-0.3, -0.25) is 0 Å². The first kappa shape index (κ1) is 12.7. The molecule has 4 nitrogen and oxygen atoms in total. The van der Waals surface area contributed by atoms with Crippen molar-refractivity contribution in [3.8, 4) is 0 Å². The van der Waals surface area contributed by atoms with Crippen molar-refractivity contribution in [2.75, 3.05) is 20.3 Å². The van der Waals surface area contributed by atoms with Gasteiger partial charge in [-0.15, -0.1) is 11.3 Å². The smallest absolute Gasteiger partial charge is 0.423 e. The van der Waals surface area contributed by atoms with E-state index in [9.17, 15) is 0 Å². The molecule has 0 saturated heterocycles. The molecule has 1 aromatic heterocycles. The van der Waals surface area contributed by atoms with E-state index in [2.05, 4.69) is 5.32 Å². The summed E-state index contributed by atoms with van der Waals surface area (Å²) in [5.41, 5.74) is 0. The molecule has 6 heteroatoms. The summed E-state index contributed by atoms with van der Waals surface area (Å²) in [4.78, 5) is 1.11. The van der Waals surface area contributed by atoms with Gasteiger partial charge in [0.25, 0.3) is 0 Å². The van der Waals surface area contributed by atoms with Gasteiger partial charge in [0.05, 0.1) is 0 Å². The van der Waals surface area contributed by atoms with Gasteiger partial charge in [0.1, 0.15) is 0 Å². The SMILES string of the molecule is COCCCNCc1ccc(B(O)O)s1. The van der Waals surface area contributed by atoms with E-state index in [1.165, 1.54) is 11.3 Å². The Hall–Kier alpha value is -0.395. The van der Waals surface area contributed by atoms with E-state index < -0.39 is 7.12 Å². The molecule has 0 unspecified atom stereocenters. The average Bonchev–Trinajstić information content (AvgIpc) is 2.66. The van der Waals surface area contributed by atoms with Crippen LogP contribution in [0.1, 0.15) is 11.3 Å². The molecule has 0 aliphatic heterocycles. The average molecular weight is 229 g/mol. The van der Waals surface area contributed by atoms with E-state index in [1.807, 2.05) is 6.07 Å². The summed E-state index contributed by atoms with van der Waals surface area (Å²) in [6.45, 7) is 2.43. The fraction of sp³-hybridized carbons (Fsp3) is 0.556. The highest BCUT2D eigenvalue weighted by molar-refractivity contribution is 7.22. The van der Waals surface area contributed by atoms with Gasteiger partial charge in [0.2, 0.25) is 0 Å². The van der Waals surface area contributed by atoms with Gasteiger partial charge in [0, 0.05) is 29.9 Å². The fourth-order valence-electron chi connectivity index (χ4n) is 1.18. The molecule has 15 heavy (non-hydrogen) atoms. The van der Waals surface area contributed by atoms with Crippen LogP contribution in [0.15, 0.2) is 12.1 Å². The zero-order valence-electron chi connectivity index (χ0n) is 8.77. The second kappa shape index (κ2) is 6.97. The number of ether oxygens (including phenoxy) is 1. The Morgan fingerprint density at radius 1 is 1.47 bits per heavy atom. The minimum Gasteiger partial charge on any atom is -0.423 e. The Kier molecular flexibility index (Phi) is 5.89. The summed E-state index contributed by atoms with van der Waals surface area (Å²) >= 11 is 1.41. The third kappa shape index (κ3) is 4.77. The van der Waals surface area contributed by atoms with Crippen LogP contribution < -0.4 is 10.1 Å². The van der Waals surface area contributed by atoms with Crippen molar-refractivity contribution in [3.05, 3.63) is 17.0 Å². The number of rotatable bonds is 7. The largest absolute Gasteiger partial charge is 0.499 e. The topological polar surface area (TPSA) is 61.7 Å². The number of thiophene rings is 1. The van der Waals surface area contributed by atoms with Gasteiger partial charge in [-0.1, -0.05) is 6.07 Å². The van der Waals surface area contributed by atoms with Gasteiger partial charge >= 0.3 is 7.12 Å². The molecule has 0 aliphatic carbocycles. The molecule has 0 atom stereocenters. The Bertz CT molecular complexity index is 280. The highest BCUT2D eigenvalue weighted by atomic mass is 32.1. The van der Waals surface area contributed by atoms with Crippen molar-refractivity contribution >= 4 is 23.2 Å². The van der Waals surface area contributed by atoms with E-state index >= 15 is 0 Å². The summed E-state index contributed by atoms with van der Waals surface area (Å²) < 4.78 is 5.51. The van der Waals surface area contributed by atoms with Crippen LogP contribution in [-0.4, -0.2) is 37.4 Å². The number of hydrogen-bond acceptors (Lipinski definition) is 5. The maximum Gasteiger partial charge on any atom is 0.499 e. The Labute approximate surface area is 94.0 Å². The molecule has 1 heterocycles. The predicted molar refractivity (Wildman–Crippen MR) is 62.3 cm³/mol. The minimum absolute atomic E-state index is 0.587. The normalized spacial score (nSPS) is 10.6. The monoisotopic (exact) mass is 229 g/mol. The van der Waals surface area contributed by atoms with Crippen molar-refractivity contribution in [2.45, 2.75) is 13.0 Å². The van der Waals surface area contributed by atoms with E-state index in [0.717, 1.165) is 31.0 Å². The van der Waals surface area contributed by atoms with Crippen LogP contribution in [0.5, 0.6) is 0 Å². The van der Waals surface area contributed by atoms with Crippen molar-refractivity contribution in [1.82, 2.24) is 5.32 Å². The molecule has 0 spiro atoms. The van der Waals surface area contributed by atoms with E-state index in [4.69, 9.17) is 14.8 Å². The van der Waals surface area contributed by atoms with Gasteiger partial charge in [-0.25, -0.2) is 0 Å². The summed E-state index contributed by atoms with van der Waals surface area (Å²) in [5, 5.41) is 21.1. The third-order valence-electron chi connectivity index (χ3n) is 1.94. The zero-order valence-corrected chi connectivity index (χ0v) is 9.59. The molecule has 84 valence electrons. The van der Waals surface area contributed by atoms with Crippen molar-refractivity contribution in [1.29, 1.82) is 0 Å². The Morgan fingerprint density at radius 2 is 2.27 bits per heavy atom. The molecule has 1 rings (SSSR count). The van der Waals surface area contributed by atoms with Crippen LogP contribution in [0.2, 0.25) is 0 Å². The zero-order chi connectivity index (χ0) is 11.1. The van der Waals surface area contributed by atoms with Gasteiger partial charge in [0.15, 0.2) is 0 Å². The molecule has 0 bridgehead atoms. The molecular formula is C9H16BNO3S. The van der Waals surface area contributed by atoms with Crippen LogP contribution >= 0.6 is 11.3 Å². The number of nitrogens with one attached hydrogen (secondary N) is 1. The van der Waals surface area contributed by atoms with Crippen molar-refractivity contribution < 1.29 is 14.8 Å². The van der Waals surface area contributed by atoms with E-state index in [0.29, 0.717) is 4.78 Å². The lowest BCUT2D eigenvalue weighted by Crippen LogP contribution is -2.26. The Morgan fingerprint density at radius 3 is 2.87 bits per heavy atom. The standard InChI is InChI=1S/C9H16BNO3S/c1-14-6-2-5-11-7-8-3-4-9(15-8)10(12)13/h3-4,11-13H,2,5-7H2,1H3. The molecule has 0 aliphatic rings. The molecule has 0 aromatic carbocycles. The summed E-state index contributed by atoms with van der Waals surface area (Å²) in [7, 11) is 0.339. The first-order valence-corrected chi connectivity index (χ1v) is 5.70. The second-order valence-electron chi connectivity index (χ2n) is 3.20. The lowest BCUT2D eigenvalue weighted by atomic mass is 9.90. The van der Waals surface area contributed by atoms with Gasteiger partial charge in [-0.2, -0.15) is 0 Å². The van der Waals surface area contributed by atoms with Crippen LogP contribution in [0.3, 0.4) is 0 Å². The highest BCUT2D eigenvalue weighted by Crippen LogP contribution is 2.06. The minimum atomic E-state index is -1.35. The maximum absolute atomic E-state index is 8.91. The lowest BCUT2D eigenvalue weighted by molar-refractivity contribution is 0.194. The summed E-state index contributed by atoms with van der Waals surface area (Å²) in [6, 6.07) is 3.64. The molecule has 0 amide bonds. The van der Waals surface area contributed by atoms with Gasteiger partial charge in [-0.05, 0) is 19.0 Å². The van der Waals surface area contributed by atoms with Crippen molar-refractivity contribution in [2.24, 2.45) is 0 Å². The first-order chi connectivity index (χ1) is 7.24. The maximum atomic E-state index is 8.91. The fourth-order valence-corrected chi connectivity index (χ4v) is 2.04. The Balaban J connectivity index is 2.20. The van der Waals surface area contributed by atoms with Crippen LogP contribution in [0.4, 0.5) is 0 Å². The van der Waals surface area contributed by atoms with E-state index in [-0.39, 0.29) is 0 Å². The molecule has 0 fully saturated rings. The van der Waals surface area contributed by atoms with Crippen molar-refractivity contribution in [3.63, 3.8) is 0 Å². The molecule has 3 N–H and O–H groups in total. The quantitative estimate of drug-likeness (QED) is 0.438. The third-order valence-corrected chi connectivity index (χ3v) is 3.06. The second-order valence-corrected chi connectivity index (χ2v) is 4.40. The molecular weight excluding hydrogens is 213 g/mol.